The first-order chi connectivity index (χ1) is 6.91. The standard InChI is InChI=1S/C8H10NO5P/c10-9(11)6-8(15(12,13)14)7-4-2-1-3-5-7/h1-5,8H,6H2,(H2,12,13,14)/t8-/m0/s1. The van der Waals surface area contributed by atoms with Crippen molar-refractivity contribution in [3.63, 3.8) is 0 Å². The van der Waals surface area contributed by atoms with E-state index >= 15 is 0 Å². The van der Waals surface area contributed by atoms with Crippen LogP contribution in [0.15, 0.2) is 30.3 Å². The van der Waals surface area contributed by atoms with Gasteiger partial charge in [0.15, 0.2) is 5.66 Å². The second-order valence-corrected chi connectivity index (χ2v) is 4.83. The van der Waals surface area contributed by atoms with E-state index in [-0.39, 0.29) is 5.56 Å². The van der Waals surface area contributed by atoms with Gasteiger partial charge in [0.2, 0.25) is 6.54 Å². The first kappa shape index (κ1) is 11.8. The molecule has 0 saturated heterocycles. The van der Waals surface area contributed by atoms with E-state index in [9.17, 15) is 14.7 Å². The molecule has 7 heteroatoms. The summed E-state index contributed by atoms with van der Waals surface area (Å²) in [7, 11) is -4.49. The predicted molar refractivity (Wildman–Crippen MR) is 53.1 cm³/mol. The Morgan fingerprint density at radius 3 is 2.27 bits per heavy atom. The predicted octanol–water partition coefficient (Wildman–Crippen LogP) is 1.18. The van der Waals surface area contributed by atoms with Crippen molar-refractivity contribution in [1.82, 2.24) is 0 Å². The summed E-state index contributed by atoms with van der Waals surface area (Å²) >= 11 is 0. The third-order valence-corrected chi connectivity index (χ3v) is 3.19. The minimum atomic E-state index is -4.49. The molecule has 0 amide bonds. The van der Waals surface area contributed by atoms with E-state index in [0.717, 1.165) is 0 Å². The van der Waals surface area contributed by atoms with Gasteiger partial charge in [-0.25, -0.2) is 0 Å². The fraction of sp³-hybridized carbons (Fsp3) is 0.250. The van der Waals surface area contributed by atoms with Gasteiger partial charge in [0.25, 0.3) is 0 Å². The van der Waals surface area contributed by atoms with E-state index in [1.165, 1.54) is 12.1 Å². The highest BCUT2D eigenvalue weighted by molar-refractivity contribution is 7.52. The van der Waals surface area contributed by atoms with E-state index in [4.69, 9.17) is 9.79 Å². The third kappa shape index (κ3) is 3.43. The second kappa shape index (κ2) is 4.53. The first-order valence-corrected chi connectivity index (χ1v) is 5.81. The van der Waals surface area contributed by atoms with E-state index in [1.54, 1.807) is 18.2 Å². The monoisotopic (exact) mass is 231 g/mol. The van der Waals surface area contributed by atoms with Crippen LogP contribution in [-0.2, 0) is 4.57 Å². The maximum atomic E-state index is 11.1. The molecule has 1 atom stereocenters. The molecule has 1 aromatic rings. The fourth-order valence-electron chi connectivity index (χ4n) is 1.22. The van der Waals surface area contributed by atoms with Crippen molar-refractivity contribution in [2.45, 2.75) is 5.66 Å². The van der Waals surface area contributed by atoms with Crippen LogP contribution in [0, 0.1) is 10.1 Å². The largest absolute Gasteiger partial charge is 0.339 e. The summed E-state index contributed by atoms with van der Waals surface area (Å²) in [5.41, 5.74) is -1.09. The molecule has 0 bridgehead atoms. The highest BCUT2D eigenvalue weighted by atomic mass is 31.2. The second-order valence-electron chi connectivity index (χ2n) is 3.03. The van der Waals surface area contributed by atoms with Crippen LogP contribution in [0.25, 0.3) is 0 Å². The molecular weight excluding hydrogens is 221 g/mol. The Morgan fingerprint density at radius 1 is 1.33 bits per heavy atom. The van der Waals surface area contributed by atoms with E-state index < -0.39 is 24.7 Å². The molecule has 0 radical (unpaired) electrons. The normalized spacial score (nSPS) is 13.5. The molecule has 0 saturated carbocycles. The summed E-state index contributed by atoms with van der Waals surface area (Å²) in [6, 6.07) is 7.77. The average molecular weight is 231 g/mol. The van der Waals surface area contributed by atoms with Gasteiger partial charge in [0.05, 0.1) is 0 Å². The Kier molecular flexibility index (Phi) is 3.57. The summed E-state index contributed by atoms with van der Waals surface area (Å²) < 4.78 is 11.1. The summed E-state index contributed by atoms with van der Waals surface area (Å²) in [6.45, 7) is -0.770. The van der Waals surface area contributed by atoms with Crippen molar-refractivity contribution in [1.29, 1.82) is 0 Å². The molecule has 0 fully saturated rings. The van der Waals surface area contributed by atoms with Crippen molar-refractivity contribution in [3.05, 3.63) is 46.0 Å². The summed E-state index contributed by atoms with van der Waals surface area (Å²) in [5.74, 6) is 0. The number of hydrogen-bond donors (Lipinski definition) is 2. The lowest BCUT2D eigenvalue weighted by atomic mass is 10.1. The van der Waals surface area contributed by atoms with Crippen molar-refractivity contribution in [2.75, 3.05) is 6.54 Å². The van der Waals surface area contributed by atoms with Crippen LogP contribution < -0.4 is 0 Å². The van der Waals surface area contributed by atoms with Crippen molar-refractivity contribution in [3.8, 4) is 0 Å². The van der Waals surface area contributed by atoms with Gasteiger partial charge in [0, 0.05) is 4.92 Å². The number of benzene rings is 1. The smallest absolute Gasteiger partial charge is 0.324 e. The molecule has 15 heavy (non-hydrogen) atoms. The van der Waals surface area contributed by atoms with Gasteiger partial charge in [-0.3, -0.25) is 14.7 Å². The average Bonchev–Trinajstić information content (AvgIpc) is 2.14. The minimum Gasteiger partial charge on any atom is -0.324 e. The van der Waals surface area contributed by atoms with Gasteiger partial charge in [-0.05, 0) is 5.56 Å². The molecule has 1 rings (SSSR count). The number of hydrogen-bond acceptors (Lipinski definition) is 3. The Bertz CT molecular complexity index is 387. The molecule has 1 aromatic carbocycles. The van der Waals surface area contributed by atoms with Crippen LogP contribution in [0.2, 0.25) is 0 Å². The zero-order valence-corrected chi connectivity index (χ0v) is 8.58. The molecule has 2 N–H and O–H groups in total. The molecule has 0 unspecified atom stereocenters. The van der Waals surface area contributed by atoms with Crippen molar-refractivity contribution >= 4 is 7.60 Å². The Labute approximate surface area is 85.9 Å². The number of nitrogens with zero attached hydrogens (tertiary/aromatic N) is 1. The summed E-state index contributed by atoms with van der Waals surface area (Å²) in [4.78, 5) is 27.5. The minimum absolute atomic E-state index is 0.280. The Hall–Kier alpha value is -1.23. The molecule has 82 valence electrons. The highest BCUT2D eigenvalue weighted by Crippen LogP contribution is 2.51. The lowest BCUT2D eigenvalue weighted by Crippen LogP contribution is -2.12. The van der Waals surface area contributed by atoms with Gasteiger partial charge in [0.1, 0.15) is 0 Å². The highest BCUT2D eigenvalue weighted by Gasteiger charge is 2.34. The van der Waals surface area contributed by atoms with E-state index in [0.29, 0.717) is 0 Å². The number of nitro groups is 1. The Balaban J connectivity index is 3.02. The maximum absolute atomic E-state index is 11.1. The maximum Gasteiger partial charge on any atom is 0.339 e. The van der Waals surface area contributed by atoms with Crippen LogP contribution in [-0.4, -0.2) is 21.3 Å². The van der Waals surface area contributed by atoms with Crippen LogP contribution >= 0.6 is 7.60 Å². The van der Waals surface area contributed by atoms with E-state index in [2.05, 4.69) is 0 Å². The van der Waals surface area contributed by atoms with Crippen LogP contribution in [0.3, 0.4) is 0 Å². The Morgan fingerprint density at radius 2 is 1.87 bits per heavy atom. The summed E-state index contributed by atoms with van der Waals surface area (Å²) in [5, 5.41) is 10.3. The molecule has 6 nitrogen and oxygen atoms in total. The summed E-state index contributed by atoms with van der Waals surface area (Å²) in [6.07, 6.45) is 0. The zero-order chi connectivity index (χ0) is 11.5. The zero-order valence-electron chi connectivity index (χ0n) is 7.68. The topological polar surface area (TPSA) is 101 Å². The molecule has 0 heterocycles. The lowest BCUT2D eigenvalue weighted by Gasteiger charge is -2.14. The number of rotatable bonds is 4. The quantitative estimate of drug-likeness (QED) is 0.460. The SMILES string of the molecule is O=[N+]([O-])C[C@@H](c1ccccc1)P(=O)(O)O. The van der Waals surface area contributed by atoms with Gasteiger partial charge < -0.3 is 9.79 Å². The molecule has 0 aliphatic rings. The van der Waals surface area contributed by atoms with Crippen LogP contribution in [0.5, 0.6) is 0 Å². The fourth-order valence-corrected chi connectivity index (χ4v) is 2.13. The van der Waals surface area contributed by atoms with Gasteiger partial charge in [-0.15, -0.1) is 0 Å². The molecule has 0 aromatic heterocycles. The molecular formula is C8H10NO5P. The molecule has 0 aliphatic carbocycles. The van der Waals surface area contributed by atoms with Crippen LogP contribution in [0.4, 0.5) is 0 Å². The van der Waals surface area contributed by atoms with Gasteiger partial charge in [-0.2, -0.15) is 0 Å². The third-order valence-electron chi connectivity index (χ3n) is 1.91. The van der Waals surface area contributed by atoms with Gasteiger partial charge >= 0.3 is 7.60 Å². The van der Waals surface area contributed by atoms with Crippen molar-refractivity contribution in [2.24, 2.45) is 0 Å². The van der Waals surface area contributed by atoms with Gasteiger partial charge in [-0.1, -0.05) is 30.3 Å². The van der Waals surface area contributed by atoms with Crippen molar-refractivity contribution < 1.29 is 19.3 Å². The molecule has 0 spiro atoms. The van der Waals surface area contributed by atoms with E-state index in [1.807, 2.05) is 0 Å². The lowest BCUT2D eigenvalue weighted by molar-refractivity contribution is -0.480. The van der Waals surface area contributed by atoms with Crippen LogP contribution in [0.1, 0.15) is 11.2 Å². The molecule has 0 aliphatic heterocycles. The first-order valence-electron chi connectivity index (χ1n) is 4.13.